The summed E-state index contributed by atoms with van der Waals surface area (Å²) < 4.78 is 6.77. The van der Waals surface area contributed by atoms with Crippen LogP contribution in [0, 0.1) is 6.92 Å². The maximum absolute atomic E-state index is 5.83. The number of nitrogens with zero attached hydrogens (tertiary/aromatic N) is 1. The number of halogens is 2. The molecule has 0 aliphatic rings. The Kier molecular flexibility index (Phi) is 4.02. The average molecular weight is 313 g/mol. The van der Waals surface area contributed by atoms with Gasteiger partial charge >= 0.3 is 0 Å². The Hall–Kier alpha value is -1.06. The Morgan fingerprint density at radius 3 is 2.88 bits per heavy atom. The van der Waals surface area contributed by atoms with Crippen molar-refractivity contribution in [3.8, 4) is 5.75 Å². The first kappa shape index (κ1) is 12.4. The first-order valence-corrected chi connectivity index (χ1v) is 6.32. The van der Waals surface area contributed by atoms with Crippen molar-refractivity contribution in [1.82, 2.24) is 4.98 Å². The predicted molar refractivity (Wildman–Crippen MR) is 72.5 cm³/mol. The van der Waals surface area contributed by atoms with E-state index in [0.29, 0.717) is 11.8 Å². The fourth-order valence-corrected chi connectivity index (χ4v) is 1.95. The van der Waals surface area contributed by atoms with Gasteiger partial charge in [0, 0.05) is 27.9 Å². The second-order valence-electron chi connectivity index (χ2n) is 3.65. The van der Waals surface area contributed by atoms with E-state index in [-0.39, 0.29) is 0 Å². The maximum atomic E-state index is 5.83. The average Bonchev–Trinajstić information content (AvgIpc) is 2.32. The van der Waals surface area contributed by atoms with E-state index in [9.17, 15) is 0 Å². The summed E-state index contributed by atoms with van der Waals surface area (Å²) in [6.07, 6.45) is 1.71. The molecule has 0 saturated carbocycles. The molecule has 0 fully saturated rings. The number of rotatable bonds is 3. The van der Waals surface area contributed by atoms with Gasteiger partial charge in [-0.2, -0.15) is 0 Å². The first-order valence-electron chi connectivity index (χ1n) is 5.15. The lowest BCUT2D eigenvalue weighted by Crippen LogP contribution is -1.98. The van der Waals surface area contributed by atoms with Crippen LogP contribution >= 0.6 is 27.5 Å². The van der Waals surface area contributed by atoms with Crippen molar-refractivity contribution < 1.29 is 4.74 Å². The summed E-state index contributed by atoms with van der Waals surface area (Å²) in [5.74, 6) is 0.765. The molecule has 1 aromatic carbocycles. The molecule has 0 radical (unpaired) electrons. The number of hydrogen-bond donors (Lipinski definition) is 0. The van der Waals surface area contributed by atoms with Crippen molar-refractivity contribution in [2.75, 3.05) is 0 Å². The van der Waals surface area contributed by atoms with Crippen LogP contribution in [-0.4, -0.2) is 4.98 Å². The zero-order valence-electron chi connectivity index (χ0n) is 9.28. The summed E-state index contributed by atoms with van der Waals surface area (Å²) in [4.78, 5) is 3.99. The summed E-state index contributed by atoms with van der Waals surface area (Å²) in [7, 11) is 0. The normalized spacial score (nSPS) is 10.3. The van der Waals surface area contributed by atoms with Crippen LogP contribution in [0.4, 0.5) is 0 Å². The highest BCUT2D eigenvalue weighted by molar-refractivity contribution is 9.10. The van der Waals surface area contributed by atoms with Crippen molar-refractivity contribution in [1.29, 1.82) is 0 Å². The second kappa shape index (κ2) is 5.52. The van der Waals surface area contributed by atoms with E-state index < -0.39 is 0 Å². The van der Waals surface area contributed by atoms with E-state index in [1.807, 2.05) is 31.2 Å². The minimum Gasteiger partial charge on any atom is -0.488 e. The van der Waals surface area contributed by atoms with Crippen LogP contribution in [0.25, 0.3) is 0 Å². The van der Waals surface area contributed by atoms with Gasteiger partial charge in [-0.25, -0.2) is 4.98 Å². The lowest BCUT2D eigenvalue weighted by atomic mass is 10.2. The molecule has 1 aromatic heterocycles. The van der Waals surface area contributed by atoms with Gasteiger partial charge in [0.1, 0.15) is 17.5 Å². The van der Waals surface area contributed by atoms with E-state index in [2.05, 4.69) is 20.9 Å². The Morgan fingerprint density at radius 1 is 1.35 bits per heavy atom. The Morgan fingerprint density at radius 2 is 2.12 bits per heavy atom. The molecule has 2 rings (SSSR count). The van der Waals surface area contributed by atoms with Gasteiger partial charge in [-0.15, -0.1) is 0 Å². The third-order valence-corrected chi connectivity index (χ3v) is 3.34. The zero-order valence-corrected chi connectivity index (χ0v) is 11.6. The molecule has 1 heterocycles. The van der Waals surface area contributed by atoms with Crippen molar-refractivity contribution in [3.05, 3.63) is 57.3 Å². The Labute approximate surface area is 114 Å². The SMILES string of the molecule is Cc1cnc(Cl)cc1OCc1ccccc1Br. The van der Waals surface area contributed by atoms with Gasteiger partial charge in [-0.3, -0.25) is 0 Å². The predicted octanol–water partition coefficient (Wildman–Crippen LogP) is 4.38. The Balaban J connectivity index is 2.12. The lowest BCUT2D eigenvalue weighted by molar-refractivity contribution is 0.303. The number of ether oxygens (including phenoxy) is 1. The van der Waals surface area contributed by atoms with E-state index in [4.69, 9.17) is 16.3 Å². The summed E-state index contributed by atoms with van der Waals surface area (Å²) in [5.41, 5.74) is 2.07. The van der Waals surface area contributed by atoms with Gasteiger partial charge in [0.15, 0.2) is 0 Å². The van der Waals surface area contributed by atoms with Crippen molar-refractivity contribution >= 4 is 27.5 Å². The molecule has 0 atom stereocenters. The van der Waals surface area contributed by atoms with Crippen LogP contribution in [-0.2, 0) is 6.61 Å². The van der Waals surface area contributed by atoms with E-state index >= 15 is 0 Å². The van der Waals surface area contributed by atoms with E-state index in [1.54, 1.807) is 12.3 Å². The molecule has 0 aliphatic heterocycles. The molecule has 0 N–H and O–H groups in total. The standard InChI is InChI=1S/C13H11BrClNO/c1-9-7-16-13(15)6-12(9)17-8-10-4-2-3-5-11(10)14/h2-7H,8H2,1H3. The molecule has 2 aromatic rings. The maximum Gasteiger partial charge on any atom is 0.132 e. The molecule has 88 valence electrons. The highest BCUT2D eigenvalue weighted by Gasteiger charge is 2.04. The highest BCUT2D eigenvalue weighted by atomic mass is 79.9. The lowest BCUT2D eigenvalue weighted by Gasteiger charge is -2.10. The van der Waals surface area contributed by atoms with Gasteiger partial charge in [0.05, 0.1) is 0 Å². The molecule has 2 nitrogen and oxygen atoms in total. The molecule has 0 bridgehead atoms. The van der Waals surface area contributed by atoms with Gasteiger partial charge in [0.2, 0.25) is 0 Å². The number of aryl methyl sites for hydroxylation is 1. The third kappa shape index (κ3) is 3.20. The number of pyridine rings is 1. The summed E-state index contributed by atoms with van der Waals surface area (Å²) in [6, 6.07) is 9.69. The number of benzene rings is 1. The third-order valence-electron chi connectivity index (χ3n) is 2.36. The van der Waals surface area contributed by atoms with Crippen LogP contribution in [0.1, 0.15) is 11.1 Å². The van der Waals surface area contributed by atoms with E-state index in [1.165, 1.54) is 0 Å². The minimum atomic E-state index is 0.442. The number of hydrogen-bond acceptors (Lipinski definition) is 2. The van der Waals surface area contributed by atoms with Crippen LogP contribution in [0.3, 0.4) is 0 Å². The molecule has 17 heavy (non-hydrogen) atoms. The van der Waals surface area contributed by atoms with Gasteiger partial charge < -0.3 is 4.74 Å². The van der Waals surface area contributed by atoms with Crippen molar-refractivity contribution in [2.45, 2.75) is 13.5 Å². The van der Waals surface area contributed by atoms with Gasteiger partial charge in [-0.05, 0) is 13.0 Å². The Bertz CT molecular complexity index is 531. The summed E-state index contributed by atoms with van der Waals surface area (Å²) >= 11 is 9.31. The fourth-order valence-electron chi connectivity index (χ4n) is 1.41. The number of aromatic nitrogens is 1. The monoisotopic (exact) mass is 311 g/mol. The molecule has 0 aliphatic carbocycles. The van der Waals surface area contributed by atoms with Crippen molar-refractivity contribution in [2.24, 2.45) is 0 Å². The molecule has 0 saturated heterocycles. The van der Waals surface area contributed by atoms with Crippen LogP contribution in [0.15, 0.2) is 41.0 Å². The fraction of sp³-hybridized carbons (Fsp3) is 0.154. The molecule has 0 amide bonds. The molecule has 4 heteroatoms. The summed E-state index contributed by atoms with van der Waals surface area (Å²) in [6.45, 7) is 2.45. The molecule has 0 spiro atoms. The summed E-state index contributed by atoms with van der Waals surface area (Å²) in [5, 5.41) is 0.442. The first-order chi connectivity index (χ1) is 8.16. The molecular formula is C13H11BrClNO. The molecular weight excluding hydrogens is 302 g/mol. The molecule has 0 unspecified atom stereocenters. The largest absolute Gasteiger partial charge is 0.488 e. The van der Waals surface area contributed by atoms with Crippen LogP contribution in [0.2, 0.25) is 5.15 Å². The highest BCUT2D eigenvalue weighted by Crippen LogP contribution is 2.23. The topological polar surface area (TPSA) is 22.1 Å². The van der Waals surface area contributed by atoms with Crippen molar-refractivity contribution in [3.63, 3.8) is 0 Å². The second-order valence-corrected chi connectivity index (χ2v) is 4.89. The quantitative estimate of drug-likeness (QED) is 0.784. The van der Waals surface area contributed by atoms with Crippen LogP contribution in [0.5, 0.6) is 5.75 Å². The minimum absolute atomic E-state index is 0.442. The smallest absolute Gasteiger partial charge is 0.132 e. The van der Waals surface area contributed by atoms with E-state index in [0.717, 1.165) is 21.3 Å². The zero-order chi connectivity index (χ0) is 12.3. The van der Waals surface area contributed by atoms with Gasteiger partial charge in [0.25, 0.3) is 0 Å². The van der Waals surface area contributed by atoms with Crippen LogP contribution < -0.4 is 4.74 Å². The van der Waals surface area contributed by atoms with Gasteiger partial charge in [-0.1, -0.05) is 45.7 Å².